The van der Waals surface area contributed by atoms with Crippen LogP contribution in [0.5, 0.6) is 0 Å². The van der Waals surface area contributed by atoms with Gasteiger partial charge in [0.2, 0.25) is 88.6 Å². The fourth-order valence-electron chi connectivity index (χ4n) is 17.0. The number of carbonyl (C=O) groups excluding carboxylic acids is 15. The lowest BCUT2D eigenvalue weighted by molar-refractivity contribution is -0.142. The van der Waals surface area contributed by atoms with Gasteiger partial charge in [0.05, 0.1) is 51.5 Å². The molecule has 0 spiro atoms. The van der Waals surface area contributed by atoms with Gasteiger partial charge in [0, 0.05) is 156 Å². The van der Waals surface area contributed by atoms with Gasteiger partial charge in [-0.05, 0) is 84.5 Å². The van der Waals surface area contributed by atoms with Crippen molar-refractivity contribution in [3.8, 4) is 0 Å². The van der Waals surface area contributed by atoms with Crippen LogP contribution in [-0.4, -0.2) is 364 Å². The zero-order valence-corrected chi connectivity index (χ0v) is 81.1. The fraction of sp³-hybridized carbons (Fsp3) is 0.489. The number of carboxylic acid groups (broad SMARTS) is 4. The molecule has 10 rings (SSSR count). The number of fused-ring (bicyclic) bond motifs is 3. The van der Waals surface area contributed by atoms with Crippen molar-refractivity contribution in [2.45, 2.75) is 183 Å². The Morgan fingerprint density at radius 3 is 1.57 bits per heavy atom. The van der Waals surface area contributed by atoms with E-state index in [-0.39, 0.29) is 116 Å². The molecular formula is C94H125N23O24S2. The Balaban J connectivity index is 1.03. The van der Waals surface area contributed by atoms with Crippen LogP contribution in [0.4, 0.5) is 0 Å². The Morgan fingerprint density at radius 2 is 1.03 bits per heavy atom. The van der Waals surface area contributed by atoms with E-state index < -0.39 is 260 Å². The summed E-state index contributed by atoms with van der Waals surface area (Å²) in [6, 6.07) is 5.19. The van der Waals surface area contributed by atoms with Gasteiger partial charge in [-0.15, -0.1) is 0 Å². The van der Waals surface area contributed by atoms with E-state index in [1.54, 1.807) is 137 Å². The van der Waals surface area contributed by atoms with Gasteiger partial charge in [0.15, 0.2) is 0 Å². The molecule has 0 bridgehead atoms. The third-order valence-electron chi connectivity index (χ3n) is 24.8. The minimum Gasteiger partial charge on any atom is -0.481 e. The summed E-state index contributed by atoms with van der Waals surface area (Å²) in [6.45, 7) is 4.49. The van der Waals surface area contributed by atoms with Crippen molar-refractivity contribution in [3.63, 3.8) is 0 Å². The number of aliphatic hydroxyl groups excluding tert-OH is 1. The van der Waals surface area contributed by atoms with Crippen molar-refractivity contribution in [3.05, 3.63) is 138 Å². The van der Waals surface area contributed by atoms with Crippen LogP contribution in [0.15, 0.2) is 116 Å². The lowest BCUT2D eigenvalue weighted by atomic mass is 9.97. The summed E-state index contributed by atoms with van der Waals surface area (Å²) in [5, 5.41) is 85.4. The van der Waals surface area contributed by atoms with Crippen LogP contribution in [0.2, 0.25) is 0 Å². The number of nitrogens with zero attached hydrogens (tertiary/aromatic N) is 6. The predicted octanol–water partition coefficient (Wildman–Crippen LogP) is -3.44. The number of hydrogen-bond acceptors (Lipinski definition) is 27. The van der Waals surface area contributed by atoms with Gasteiger partial charge in [-0.25, -0.2) is 4.98 Å². The Hall–Kier alpha value is -14.1. The lowest BCUT2D eigenvalue weighted by Gasteiger charge is -2.32. The molecule has 3 fully saturated rings. The van der Waals surface area contributed by atoms with Crippen molar-refractivity contribution in [2.75, 3.05) is 103 Å². The van der Waals surface area contributed by atoms with Gasteiger partial charge < -0.3 is 121 Å². The molecule has 47 nitrogen and oxygen atoms in total. The van der Waals surface area contributed by atoms with Gasteiger partial charge in [0.25, 0.3) is 0 Å². The monoisotopic (exact) mass is 2020 g/mol. The van der Waals surface area contributed by atoms with Gasteiger partial charge in [-0.3, -0.25) is 111 Å². The number of para-hydroxylation sites is 2. The van der Waals surface area contributed by atoms with Gasteiger partial charge in [-0.1, -0.05) is 121 Å². The summed E-state index contributed by atoms with van der Waals surface area (Å²) in [5.74, 6) is -23.0. The largest absolute Gasteiger partial charge is 0.481 e. The summed E-state index contributed by atoms with van der Waals surface area (Å²) in [6.07, 6.45) is 0.634. The number of rotatable bonds is 39. The van der Waals surface area contributed by atoms with E-state index in [1.807, 2.05) is 0 Å². The number of imidazole rings is 1. The Kier molecular flexibility index (Phi) is 42.0. The highest BCUT2D eigenvalue weighted by molar-refractivity contribution is 8.76. The highest BCUT2D eigenvalue weighted by Crippen LogP contribution is 2.28. The molecule has 3 aromatic heterocycles. The number of aliphatic carboxylic acids is 4. The summed E-state index contributed by atoms with van der Waals surface area (Å²) < 4.78 is 0. The first-order valence-electron chi connectivity index (χ1n) is 47.0. The minimum atomic E-state index is -2.14. The lowest BCUT2D eigenvalue weighted by Crippen LogP contribution is -2.62. The molecule has 49 heteroatoms. The highest BCUT2D eigenvalue weighted by Gasteiger charge is 2.43. The molecule has 14 atom stereocenters. The van der Waals surface area contributed by atoms with E-state index in [0.29, 0.717) is 50.3 Å². The molecule has 3 aliphatic rings. The molecule has 24 N–H and O–H groups in total. The number of aromatic nitrogens is 4. The number of amides is 15. The van der Waals surface area contributed by atoms with Crippen LogP contribution in [0.3, 0.4) is 0 Å². The third kappa shape index (κ3) is 34.1. The number of aromatic amines is 3. The van der Waals surface area contributed by atoms with Gasteiger partial charge in [0.1, 0.15) is 72.5 Å². The van der Waals surface area contributed by atoms with Crippen molar-refractivity contribution < 1.29 is 117 Å². The van der Waals surface area contributed by atoms with Crippen LogP contribution in [0, 0.1) is 5.92 Å². The second kappa shape index (κ2) is 54.2. The maximum absolute atomic E-state index is 15.9. The molecule has 143 heavy (non-hydrogen) atoms. The molecule has 0 aliphatic carbocycles. The molecule has 3 aliphatic heterocycles. The minimum absolute atomic E-state index is 0.00553. The van der Waals surface area contributed by atoms with E-state index in [2.05, 4.69) is 83.7 Å². The van der Waals surface area contributed by atoms with Crippen molar-refractivity contribution >= 4 is 167 Å². The number of carbonyl (C=O) groups is 19. The summed E-state index contributed by atoms with van der Waals surface area (Å²) in [4.78, 5) is 291. The Morgan fingerprint density at radius 1 is 0.517 bits per heavy atom. The van der Waals surface area contributed by atoms with E-state index >= 15 is 43.2 Å². The Labute approximate surface area is 829 Å². The third-order valence-corrected chi connectivity index (χ3v) is 27.3. The molecule has 0 radical (unpaired) electrons. The molecule has 14 unspecified atom stereocenters. The first-order valence-corrected chi connectivity index (χ1v) is 49.4. The molecule has 3 saturated heterocycles. The van der Waals surface area contributed by atoms with E-state index in [1.165, 1.54) is 31.3 Å². The van der Waals surface area contributed by atoms with Crippen molar-refractivity contribution in [2.24, 2.45) is 17.4 Å². The molecule has 6 heterocycles. The second-order valence-electron chi connectivity index (χ2n) is 35.7. The second-order valence-corrected chi connectivity index (χ2v) is 38.2. The number of nitrogens with two attached hydrogens (primary N) is 2. The molecule has 772 valence electrons. The average molecular weight is 2030 g/mol. The molecule has 0 saturated carbocycles. The van der Waals surface area contributed by atoms with Crippen LogP contribution >= 0.6 is 21.6 Å². The molecule has 15 amide bonds. The number of carboxylic acids is 4. The normalized spacial score (nSPS) is 21.0. The number of H-pyrrole nitrogens is 3. The SMILES string of the molecule is CCC(C)C(NC(=O)C(NC(=O)C(Cc1c[nH]c2ccccc12)NC(C)=O)C(C)O)C(=O)NC1CSSCC(C(=O)NC(Cc2c[nH]c3ccccc23)C(=O)N2CCCC2C(N)=O)NC(=O)C(CC(=O)O)NC(=O)C(Cc2cnc[nH]2)NC(=O)C(Cc2ccc3ccccc3c2)NC(=O)C(CC(N)=O)NC(=O)C(CCCCNC(=O)CN2CCN(CC(=O)O)CCN(CC(=O)O)CCN(CC(=O)O)CC2)NC1=O. The number of nitrogens with one attached hydrogen (secondary N) is 15. The standard InChI is InChI=1S/C94H125N23O24S2/c1-5-52(2)81(111-93(140)82(53(3)118)112-89(136)67(102-54(4)119)37-58-42-99-63-19-10-8-17-61(58)63)92(139)110-73-50-143-142-49-72(91(138)108-71(94(141)117-26-14-22-74(117)83(96)130)38-59-43-100-64-20-11-9-18-62(59)64)109-88(135)70(41-77(122)123)107-86(133)68(39-60-44-97-51-101-60)105-85(132)66(36-55-23-24-56-15-6-7-16-57(56)35-55)104-87(134)69(40-75(95)120)106-84(131)65(103-90(73)137)21-12-13-25-98-76(121)45-113-27-29-114(46-78(124)125)31-33-116(48-80(128)129)34-32-115(30-28-113)47-79(126)127/h6-11,15-20,23-24,35,42-44,51-53,65-74,81-82,99-100,118H,5,12-14,21-22,25-34,36-41,45-50H2,1-4H3,(H2,95,120)(H2,96,130)(H,97,101)(H,98,121)(H,102,119)(H,103,137)(H,104,134)(H,105,132)(H,106,131)(H,107,133)(H,108,138)(H,109,135)(H,110,139)(H,111,140)(H,112,136)(H,122,123)(H,124,125)(H,126,127)(H,128,129). The van der Waals surface area contributed by atoms with Crippen LogP contribution < -0.4 is 75.3 Å². The number of likely N-dealkylation sites (tertiary alicyclic amines) is 1. The zero-order valence-electron chi connectivity index (χ0n) is 79.5. The van der Waals surface area contributed by atoms with Crippen LogP contribution in [-0.2, 0) is 117 Å². The maximum Gasteiger partial charge on any atom is 0.317 e. The molecule has 4 aromatic carbocycles. The number of benzene rings is 4. The zero-order chi connectivity index (χ0) is 104. The molecular weight excluding hydrogens is 1900 g/mol. The highest BCUT2D eigenvalue weighted by atomic mass is 33.1. The fourth-order valence-corrected chi connectivity index (χ4v) is 19.4. The smallest absolute Gasteiger partial charge is 0.317 e. The van der Waals surface area contributed by atoms with E-state index in [0.717, 1.165) is 27.0 Å². The summed E-state index contributed by atoms with van der Waals surface area (Å²) >= 11 is 0. The Bertz CT molecular complexity index is 5680. The molecule has 7 aromatic rings. The quantitative estimate of drug-likeness (QED) is 0.0132. The van der Waals surface area contributed by atoms with Gasteiger partial charge >= 0.3 is 23.9 Å². The van der Waals surface area contributed by atoms with Crippen LogP contribution in [0.25, 0.3) is 32.6 Å². The predicted molar refractivity (Wildman–Crippen MR) is 522 cm³/mol. The first kappa shape index (κ1) is 111. The summed E-state index contributed by atoms with van der Waals surface area (Å²) in [5.41, 5.74) is 14.7. The number of hydrogen-bond donors (Lipinski definition) is 22. The van der Waals surface area contributed by atoms with Gasteiger partial charge in [-0.2, -0.15) is 0 Å². The maximum atomic E-state index is 15.9. The summed E-state index contributed by atoms with van der Waals surface area (Å²) in [7, 11) is 1.45. The number of aliphatic hydroxyl groups is 1. The van der Waals surface area contributed by atoms with E-state index in [9.17, 15) is 73.5 Å². The van der Waals surface area contributed by atoms with Crippen molar-refractivity contribution in [1.29, 1.82) is 0 Å². The van der Waals surface area contributed by atoms with Crippen LogP contribution in [0.1, 0.15) is 101 Å². The number of primary amides is 2. The van der Waals surface area contributed by atoms with Crippen molar-refractivity contribution in [1.82, 2.24) is 108 Å². The first-order chi connectivity index (χ1) is 68.3. The average Bonchev–Trinajstić information content (AvgIpc) is 1.79. The van der Waals surface area contributed by atoms with E-state index in [4.69, 9.17) is 11.5 Å². The number of unbranched alkanes of at least 4 members (excludes halogenated alkanes) is 1. The topological polar surface area (TPSA) is 698 Å².